The first kappa shape index (κ1) is 13.5. The van der Waals surface area contributed by atoms with Crippen molar-refractivity contribution >= 4 is 40.7 Å². The van der Waals surface area contributed by atoms with E-state index in [2.05, 4.69) is 0 Å². The lowest BCUT2D eigenvalue weighted by Gasteiger charge is -2.07. The van der Waals surface area contributed by atoms with Crippen LogP contribution in [0.15, 0.2) is 41.3 Å². The molecule has 0 amide bonds. The Morgan fingerprint density at radius 1 is 1.11 bits per heavy atom. The summed E-state index contributed by atoms with van der Waals surface area (Å²) in [6, 6.07) is 10.1. The molecule has 0 unspecified atom stereocenters. The number of hydrogen-bond donors (Lipinski definition) is 1. The Kier molecular flexibility index (Phi) is 4.38. The molecular weight excluding hydrogens is 292 g/mol. The highest BCUT2D eigenvalue weighted by molar-refractivity contribution is 7.98. The van der Waals surface area contributed by atoms with E-state index < -0.39 is 5.82 Å². The average Bonchev–Trinajstić information content (AvgIpc) is 2.33. The molecule has 0 heterocycles. The van der Waals surface area contributed by atoms with Crippen LogP contribution in [0.4, 0.5) is 10.1 Å². The van der Waals surface area contributed by atoms with Crippen LogP contribution in [0.1, 0.15) is 5.56 Å². The summed E-state index contributed by atoms with van der Waals surface area (Å²) in [5.41, 5.74) is 7.30. The quantitative estimate of drug-likeness (QED) is 0.637. The second-order valence-corrected chi connectivity index (χ2v) is 5.50. The summed E-state index contributed by atoms with van der Waals surface area (Å²) in [7, 11) is 0. The Morgan fingerprint density at radius 3 is 2.56 bits per heavy atom. The van der Waals surface area contributed by atoms with Gasteiger partial charge in [-0.2, -0.15) is 0 Å². The van der Waals surface area contributed by atoms with Gasteiger partial charge in [-0.05, 0) is 29.8 Å². The summed E-state index contributed by atoms with van der Waals surface area (Å²) in [5.74, 6) is 0.170. The van der Waals surface area contributed by atoms with E-state index in [4.69, 9.17) is 28.9 Å². The van der Waals surface area contributed by atoms with Gasteiger partial charge in [0.1, 0.15) is 5.82 Å². The number of rotatable bonds is 3. The van der Waals surface area contributed by atoms with E-state index in [9.17, 15) is 4.39 Å². The van der Waals surface area contributed by atoms with Crippen LogP contribution < -0.4 is 5.73 Å². The highest BCUT2D eigenvalue weighted by atomic mass is 35.5. The molecule has 0 aliphatic heterocycles. The normalized spacial score (nSPS) is 10.6. The number of nitrogen functional groups attached to an aromatic ring is 1. The molecule has 0 aliphatic carbocycles. The van der Waals surface area contributed by atoms with Crippen molar-refractivity contribution in [3.8, 4) is 0 Å². The van der Waals surface area contributed by atoms with E-state index in [1.807, 2.05) is 0 Å². The minimum absolute atomic E-state index is 0.126. The third kappa shape index (κ3) is 3.10. The first-order valence-electron chi connectivity index (χ1n) is 5.18. The number of hydrogen-bond acceptors (Lipinski definition) is 2. The van der Waals surface area contributed by atoms with Gasteiger partial charge in [0.25, 0.3) is 0 Å². The molecule has 2 aromatic carbocycles. The van der Waals surface area contributed by atoms with Gasteiger partial charge in [-0.15, -0.1) is 11.8 Å². The van der Waals surface area contributed by atoms with Crippen LogP contribution >= 0.6 is 35.0 Å². The fourth-order valence-electron chi connectivity index (χ4n) is 1.46. The van der Waals surface area contributed by atoms with Gasteiger partial charge in [-0.3, -0.25) is 0 Å². The van der Waals surface area contributed by atoms with Gasteiger partial charge < -0.3 is 5.73 Å². The monoisotopic (exact) mass is 301 g/mol. The van der Waals surface area contributed by atoms with Crippen LogP contribution in [0, 0.1) is 5.82 Å². The molecule has 0 aromatic heterocycles. The topological polar surface area (TPSA) is 26.0 Å². The Balaban J connectivity index is 2.14. The zero-order chi connectivity index (χ0) is 13.1. The summed E-state index contributed by atoms with van der Waals surface area (Å²) in [6.07, 6.45) is 0. The number of anilines is 1. The summed E-state index contributed by atoms with van der Waals surface area (Å²) in [4.78, 5) is 0.814. The molecule has 0 aliphatic rings. The maximum Gasteiger partial charge on any atom is 0.142 e. The minimum Gasteiger partial charge on any atom is -0.398 e. The second kappa shape index (κ2) is 5.83. The van der Waals surface area contributed by atoms with Crippen molar-refractivity contribution in [3.05, 3.63) is 57.8 Å². The van der Waals surface area contributed by atoms with Crippen LogP contribution in [0.3, 0.4) is 0 Å². The predicted molar refractivity (Wildman–Crippen MR) is 76.8 cm³/mol. The Bertz CT molecular complexity index is 555. The van der Waals surface area contributed by atoms with Crippen LogP contribution in [0.2, 0.25) is 10.0 Å². The lowest BCUT2D eigenvalue weighted by Crippen LogP contribution is -1.90. The highest BCUT2D eigenvalue weighted by Gasteiger charge is 2.07. The molecule has 0 fully saturated rings. The van der Waals surface area contributed by atoms with Gasteiger partial charge in [0.2, 0.25) is 0 Å². The van der Waals surface area contributed by atoms with E-state index in [-0.39, 0.29) is 5.02 Å². The molecule has 1 nitrogen and oxygen atoms in total. The average molecular weight is 302 g/mol. The van der Waals surface area contributed by atoms with Crippen molar-refractivity contribution in [2.75, 3.05) is 5.73 Å². The molecule has 0 spiro atoms. The molecule has 5 heteroatoms. The van der Waals surface area contributed by atoms with E-state index >= 15 is 0 Å². The molecule has 0 radical (unpaired) electrons. The summed E-state index contributed by atoms with van der Waals surface area (Å²) in [5, 5.41) is 0.732. The molecular formula is C13H10Cl2FNS. The lowest BCUT2D eigenvalue weighted by atomic mass is 10.2. The minimum atomic E-state index is -0.415. The van der Waals surface area contributed by atoms with Gasteiger partial charge in [-0.1, -0.05) is 35.3 Å². The van der Waals surface area contributed by atoms with Crippen molar-refractivity contribution < 1.29 is 4.39 Å². The van der Waals surface area contributed by atoms with Crippen molar-refractivity contribution in [2.24, 2.45) is 0 Å². The van der Waals surface area contributed by atoms with Crippen LogP contribution in [-0.4, -0.2) is 0 Å². The van der Waals surface area contributed by atoms with E-state index in [0.29, 0.717) is 16.5 Å². The number of thioether (sulfide) groups is 1. The highest BCUT2D eigenvalue weighted by Crippen LogP contribution is 2.34. The summed E-state index contributed by atoms with van der Waals surface area (Å²) < 4.78 is 13.3. The standard InChI is InChI=1S/C13H10Cl2FNS/c14-9-5-4-8(6-11(9)16)7-18-13-10(15)2-1-3-12(13)17/h1-6H,7,17H2. The second-order valence-electron chi connectivity index (χ2n) is 3.70. The molecule has 18 heavy (non-hydrogen) atoms. The van der Waals surface area contributed by atoms with E-state index in [0.717, 1.165) is 10.5 Å². The number of nitrogens with two attached hydrogens (primary N) is 1. The Labute approximate surface area is 119 Å². The number of benzene rings is 2. The lowest BCUT2D eigenvalue weighted by molar-refractivity contribution is 0.627. The molecule has 2 rings (SSSR count). The largest absolute Gasteiger partial charge is 0.398 e. The first-order chi connectivity index (χ1) is 8.58. The molecule has 2 aromatic rings. The molecule has 0 atom stereocenters. The van der Waals surface area contributed by atoms with Gasteiger partial charge in [0.15, 0.2) is 0 Å². The predicted octanol–water partition coefficient (Wildman–Crippen LogP) is 5.01. The van der Waals surface area contributed by atoms with Crippen LogP contribution in [-0.2, 0) is 5.75 Å². The molecule has 0 saturated heterocycles. The molecule has 0 bridgehead atoms. The van der Waals surface area contributed by atoms with E-state index in [1.54, 1.807) is 30.3 Å². The SMILES string of the molecule is Nc1cccc(Cl)c1SCc1ccc(Cl)c(F)c1. The maximum atomic E-state index is 13.3. The molecule has 0 saturated carbocycles. The van der Waals surface area contributed by atoms with Gasteiger partial charge in [0, 0.05) is 16.3 Å². The molecule has 94 valence electrons. The first-order valence-corrected chi connectivity index (χ1v) is 6.93. The van der Waals surface area contributed by atoms with Gasteiger partial charge in [0.05, 0.1) is 10.0 Å². The summed E-state index contributed by atoms with van der Waals surface area (Å²) in [6.45, 7) is 0. The zero-order valence-electron chi connectivity index (χ0n) is 9.29. The zero-order valence-corrected chi connectivity index (χ0v) is 11.6. The maximum absolute atomic E-state index is 13.3. The Hall–Kier alpha value is -0.900. The molecule has 2 N–H and O–H groups in total. The van der Waals surface area contributed by atoms with Gasteiger partial charge in [-0.25, -0.2) is 4.39 Å². The smallest absolute Gasteiger partial charge is 0.142 e. The fourth-order valence-corrected chi connectivity index (χ4v) is 2.86. The van der Waals surface area contributed by atoms with Crippen molar-refractivity contribution in [3.63, 3.8) is 0 Å². The van der Waals surface area contributed by atoms with Crippen molar-refractivity contribution in [2.45, 2.75) is 10.6 Å². The van der Waals surface area contributed by atoms with Crippen LogP contribution in [0.5, 0.6) is 0 Å². The van der Waals surface area contributed by atoms with Gasteiger partial charge >= 0.3 is 0 Å². The number of halogens is 3. The van der Waals surface area contributed by atoms with E-state index in [1.165, 1.54) is 17.8 Å². The Morgan fingerprint density at radius 2 is 1.89 bits per heavy atom. The third-order valence-corrected chi connectivity index (χ3v) is 4.32. The summed E-state index contributed by atoms with van der Waals surface area (Å²) >= 11 is 13.2. The fraction of sp³-hybridized carbons (Fsp3) is 0.0769. The van der Waals surface area contributed by atoms with Crippen molar-refractivity contribution in [1.82, 2.24) is 0 Å². The van der Waals surface area contributed by atoms with Crippen LogP contribution in [0.25, 0.3) is 0 Å². The third-order valence-electron chi connectivity index (χ3n) is 2.36. The van der Waals surface area contributed by atoms with Crippen molar-refractivity contribution in [1.29, 1.82) is 0 Å².